The summed E-state index contributed by atoms with van der Waals surface area (Å²) in [4.78, 5) is 23.9. The molecular formula is C22H27N3O4S. The molecule has 0 bridgehead atoms. The highest BCUT2D eigenvalue weighted by Crippen LogP contribution is 2.13. The normalized spacial score (nSPS) is 10.0. The Morgan fingerprint density at radius 1 is 0.867 bits per heavy atom. The number of carbonyl (C=O) groups excluding carboxylic acids is 2. The first kappa shape index (κ1) is 23.2. The Labute approximate surface area is 182 Å². The van der Waals surface area contributed by atoms with E-state index in [-0.39, 0.29) is 16.9 Å². The Kier molecular flexibility index (Phi) is 10.2. The van der Waals surface area contributed by atoms with Crippen molar-refractivity contribution in [2.75, 3.05) is 13.2 Å². The zero-order chi connectivity index (χ0) is 21.6. The van der Waals surface area contributed by atoms with Crippen molar-refractivity contribution in [3.8, 4) is 11.5 Å². The molecule has 160 valence electrons. The molecule has 3 N–H and O–H groups in total. The number of hydrazine groups is 1. The molecule has 8 heteroatoms. The van der Waals surface area contributed by atoms with E-state index >= 15 is 0 Å². The van der Waals surface area contributed by atoms with Gasteiger partial charge in [-0.1, -0.05) is 38.0 Å². The summed E-state index contributed by atoms with van der Waals surface area (Å²) in [5, 5.41) is 2.54. The Morgan fingerprint density at radius 2 is 1.50 bits per heavy atom. The molecule has 0 aliphatic rings. The molecule has 0 aliphatic carbocycles. The van der Waals surface area contributed by atoms with Gasteiger partial charge in [-0.3, -0.25) is 25.8 Å². The summed E-state index contributed by atoms with van der Waals surface area (Å²) in [6.45, 7) is 2.86. The molecule has 2 aromatic carbocycles. The predicted octanol–water partition coefficient (Wildman–Crippen LogP) is 3.36. The predicted molar refractivity (Wildman–Crippen MR) is 119 cm³/mol. The highest BCUT2D eigenvalue weighted by atomic mass is 32.1. The molecule has 0 unspecified atom stereocenters. The standard InChI is InChI=1S/C22H27N3O4S/c1-2-3-5-10-20(26)24-25-22(30)23-21(27)17-11-13-19(14-12-17)29-16-15-28-18-8-6-4-7-9-18/h4,6-9,11-14H,2-3,5,10,15-16H2,1H3,(H,24,26)(H2,23,25,27,30). The summed E-state index contributed by atoms with van der Waals surface area (Å²) in [6.07, 6.45) is 3.26. The van der Waals surface area contributed by atoms with Gasteiger partial charge in [0.1, 0.15) is 24.7 Å². The average molecular weight is 430 g/mol. The third-order valence-corrected chi connectivity index (χ3v) is 4.23. The van der Waals surface area contributed by atoms with Gasteiger partial charge < -0.3 is 9.47 Å². The number of unbranched alkanes of at least 4 members (excludes halogenated alkanes) is 2. The number of carbonyl (C=O) groups is 2. The maximum absolute atomic E-state index is 12.2. The molecule has 0 aromatic heterocycles. The fourth-order valence-electron chi connectivity index (χ4n) is 2.47. The van der Waals surface area contributed by atoms with Crippen LogP contribution in [0, 0.1) is 0 Å². The van der Waals surface area contributed by atoms with Crippen LogP contribution in [0.25, 0.3) is 0 Å². The molecular weight excluding hydrogens is 402 g/mol. The van der Waals surface area contributed by atoms with Gasteiger partial charge in [-0.15, -0.1) is 0 Å². The van der Waals surface area contributed by atoms with Crippen LogP contribution < -0.4 is 25.6 Å². The molecule has 0 radical (unpaired) electrons. The summed E-state index contributed by atoms with van der Waals surface area (Å²) in [5.41, 5.74) is 5.42. The van der Waals surface area contributed by atoms with E-state index in [1.807, 2.05) is 30.3 Å². The van der Waals surface area contributed by atoms with Crippen LogP contribution in [0.2, 0.25) is 0 Å². The molecule has 2 rings (SSSR count). The van der Waals surface area contributed by atoms with Crippen molar-refractivity contribution in [1.29, 1.82) is 0 Å². The van der Waals surface area contributed by atoms with Crippen LogP contribution in [0.4, 0.5) is 0 Å². The summed E-state index contributed by atoms with van der Waals surface area (Å²) < 4.78 is 11.2. The van der Waals surface area contributed by atoms with Crippen LogP contribution in [-0.4, -0.2) is 30.1 Å². The number of hydrogen-bond acceptors (Lipinski definition) is 5. The van der Waals surface area contributed by atoms with Crippen molar-refractivity contribution in [2.24, 2.45) is 0 Å². The van der Waals surface area contributed by atoms with E-state index in [9.17, 15) is 9.59 Å². The minimum Gasteiger partial charge on any atom is -0.490 e. The highest BCUT2D eigenvalue weighted by molar-refractivity contribution is 7.80. The molecule has 30 heavy (non-hydrogen) atoms. The van der Waals surface area contributed by atoms with E-state index in [1.165, 1.54) is 0 Å². The van der Waals surface area contributed by atoms with Gasteiger partial charge in [-0.25, -0.2) is 0 Å². The molecule has 0 saturated carbocycles. The number of amides is 2. The monoisotopic (exact) mass is 429 g/mol. The van der Waals surface area contributed by atoms with Crippen molar-refractivity contribution in [2.45, 2.75) is 32.6 Å². The minimum absolute atomic E-state index is 0.0298. The average Bonchev–Trinajstić information content (AvgIpc) is 2.76. The summed E-state index contributed by atoms with van der Waals surface area (Å²) >= 11 is 5.02. The lowest BCUT2D eigenvalue weighted by Gasteiger charge is -2.11. The van der Waals surface area contributed by atoms with Crippen LogP contribution in [0.1, 0.15) is 43.0 Å². The minimum atomic E-state index is -0.383. The van der Waals surface area contributed by atoms with Crippen molar-refractivity contribution >= 4 is 29.1 Å². The molecule has 2 aromatic rings. The van der Waals surface area contributed by atoms with Gasteiger partial charge in [0.2, 0.25) is 5.91 Å². The third kappa shape index (κ3) is 8.91. The lowest BCUT2D eigenvalue weighted by atomic mass is 10.2. The molecule has 0 saturated heterocycles. The molecule has 2 amide bonds. The van der Waals surface area contributed by atoms with E-state index in [0.717, 1.165) is 25.0 Å². The van der Waals surface area contributed by atoms with Gasteiger partial charge in [0.25, 0.3) is 5.91 Å². The second kappa shape index (κ2) is 13.2. The van der Waals surface area contributed by atoms with Gasteiger partial charge in [0, 0.05) is 12.0 Å². The summed E-state index contributed by atoms with van der Waals surface area (Å²) in [6, 6.07) is 16.2. The summed E-state index contributed by atoms with van der Waals surface area (Å²) in [7, 11) is 0. The van der Waals surface area contributed by atoms with Crippen LogP contribution >= 0.6 is 12.2 Å². The van der Waals surface area contributed by atoms with Gasteiger partial charge in [0.15, 0.2) is 5.11 Å². The van der Waals surface area contributed by atoms with E-state index in [0.29, 0.717) is 30.9 Å². The lowest BCUT2D eigenvalue weighted by molar-refractivity contribution is -0.121. The Balaban J connectivity index is 1.67. The number of rotatable bonds is 10. The number of nitrogens with one attached hydrogen (secondary N) is 3. The van der Waals surface area contributed by atoms with E-state index in [4.69, 9.17) is 21.7 Å². The van der Waals surface area contributed by atoms with Crippen LogP contribution in [-0.2, 0) is 4.79 Å². The second-order valence-corrected chi connectivity index (χ2v) is 6.86. The first-order valence-electron chi connectivity index (χ1n) is 9.89. The zero-order valence-electron chi connectivity index (χ0n) is 17.0. The third-order valence-electron chi connectivity index (χ3n) is 4.03. The first-order valence-corrected chi connectivity index (χ1v) is 10.3. The van der Waals surface area contributed by atoms with E-state index in [2.05, 4.69) is 23.1 Å². The first-order chi connectivity index (χ1) is 14.6. The van der Waals surface area contributed by atoms with Crippen molar-refractivity contribution < 1.29 is 19.1 Å². The maximum atomic E-state index is 12.2. The van der Waals surface area contributed by atoms with Crippen LogP contribution in [0.3, 0.4) is 0 Å². The smallest absolute Gasteiger partial charge is 0.257 e. The number of benzene rings is 2. The van der Waals surface area contributed by atoms with Gasteiger partial charge in [-0.05, 0) is 55.0 Å². The quantitative estimate of drug-likeness (QED) is 0.305. The van der Waals surface area contributed by atoms with Crippen LogP contribution in [0.5, 0.6) is 11.5 Å². The van der Waals surface area contributed by atoms with Crippen molar-refractivity contribution in [3.63, 3.8) is 0 Å². The van der Waals surface area contributed by atoms with Gasteiger partial charge in [0.05, 0.1) is 0 Å². The van der Waals surface area contributed by atoms with Crippen molar-refractivity contribution in [1.82, 2.24) is 16.2 Å². The molecule has 0 fully saturated rings. The Hall–Kier alpha value is -3.13. The molecule has 7 nitrogen and oxygen atoms in total. The molecule has 0 heterocycles. The fraction of sp³-hybridized carbons (Fsp3) is 0.318. The number of hydrogen-bond donors (Lipinski definition) is 3. The second-order valence-electron chi connectivity index (χ2n) is 6.45. The maximum Gasteiger partial charge on any atom is 0.257 e. The topological polar surface area (TPSA) is 88.7 Å². The fourth-order valence-corrected chi connectivity index (χ4v) is 2.61. The Bertz CT molecular complexity index is 813. The summed E-state index contributed by atoms with van der Waals surface area (Å²) in [5.74, 6) is 0.864. The molecule has 0 atom stereocenters. The zero-order valence-corrected chi connectivity index (χ0v) is 17.8. The van der Waals surface area contributed by atoms with E-state index in [1.54, 1.807) is 24.3 Å². The van der Waals surface area contributed by atoms with Gasteiger partial charge in [-0.2, -0.15) is 0 Å². The number of ether oxygens (including phenoxy) is 2. The van der Waals surface area contributed by atoms with Crippen molar-refractivity contribution in [3.05, 3.63) is 60.2 Å². The highest BCUT2D eigenvalue weighted by Gasteiger charge is 2.09. The Morgan fingerprint density at radius 3 is 2.13 bits per heavy atom. The lowest BCUT2D eigenvalue weighted by Crippen LogP contribution is -2.48. The van der Waals surface area contributed by atoms with Gasteiger partial charge >= 0.3 is 0 Å². The number of thiocarbonyl (C=S) groups is 1. The largest absolute Gasteiger partial charge is 0.490 e. The SMILES string of the molecule is CCCCCC(=O)NNC(=S)NC(=O)c1ccc(OCCOc2ccccc2)cc1. The molecule has 0 spiro atoms. The van der Waals surface area contributed by atoms with E-state index < -0.39 is 0 Å². The number of para-hydroxylation sites is 1. The van der Waals surface area contributed by atoms with Crippen LogP contribution in [0.15, 0.2) is 54.6 Å². The molecule has 0 aliphatic heterocycles.